The topological polar surface area (TPSA) is 301 Å². The van der Waals surface area contributed by atoms with Crippen molar-refractivity contribution in [3.05, 3.63) is 0 Å². The van der Waals surface area contributed by atoms with E-state index >= 15 is 0 Å². The second-order valence-electron chi connectivity index (χ2n) is 6.97. The van der Waals surface area contributed by atoms with Gasteiger partial charge in [0.1, 0.15) is 25.1 Å². The summed E-state index contributed by atoms with van der Waals surface area (Å²) in [6, 6.07) is 0. The summed E-state index contributed by atoms with van der Waals surface area (Å²) in [6.45, 7) is -1.69. The molecule has 194 valence electrons. The average molecular weight is 574 g/mol. The van der Waals surface area contributed by atoms with E-state index in [0.717, 1.165) is 9.80 Å². The first-order valence-electron chi connectivity index (χ1n) is 8.36. The van der Waals surface area contributed by atoms with E-state index in [1.165, 1.54) is 0 Å². The molecule has 18 nitrogen and oxygen atoms in total. The highest BCUT2D eigenvalue weighted by atomic mass is 31.2. The van der Waals surface area contributed by atoms with Gasteiger partial charge in [0, 0.05) is 26.2 Å². The van der Waals surface area contributed by atoms with Gasteiger partial charge in [-0.05, 0) is 0 Å². The van der Waals surface area contributed by atoms with Crippen LogP contribution in [0, 0.1) is 0 Å². The Balaban J connectivity index is 5.39. The Morgan fingerprint density at radius 3 is 1.03 bits per heavy atom. The van der Waals surface area contributed by atoms with Crippen LogP contribution in [0.3, 0.4) is 0 Å². The first-order valence-corrected chi connectivity index (χ1v) is 17.4. The zero-order chi connectivity index (χ0) is 25.6. The van der Waals surface area contributed by atoms with Crippen LogP contribution in [-0.2, 0) is 18.3 Å². The summed E-state index contributed by atoms with van der Waals surface area (Å²) in [5, 5.41) is 0. The first kappa shape index (κ1) is 32.8. The van der Waals surface area contributed by atoms with Gasteiger partial charge in [0.05, 0.1) is 0 Å². The van der Waals surface area contributed by atoms with Gasteiger partial charge in [-0.2, -0.15) is 14.7 Å². The molecule has 0 aromatic heterocycles. The van der Waals surface area contributed by atoms with Crippen molar-refractivity contribution in [2.45, 2.75) is 0 Å². The fourth-order valence-electron chi connectivity index (χ4n) is 2.50. The van der Waals surface area contributed by atoms with Crippen molar-refractivity contribution < 1.29 is 72.1 Å². The Kier molecular flexibility index (Phi) is 13.0. The van der Waals surface area contributed by atoms with Gasteiger partial charge in [-0.25, -0.2) is 0 Å². The third kappa shape index (κ3) is 21.3. The minimum absolute atomic E-state index is 0.384. The Morgan fingerprint density at radius 1 is 0.469 bits per heavy atom. The second kappa shape index (κ2) is 12.7. The van der Waals surface area contributed by atoms with Crippen molar-refractivity contribution in [3.8, 4) is 0 Å². The van der Waals surface area contributed by atoms with Crippen molar-refractivity contribution in [2.24, 2.45) is 0 Å². The van der Waals surface area contributed by atoms with E-state index in [0.29, 0.717) is 4.90 Å². The summed E-state index contributed by atoms with van der Waals surface area (Å²) in [7, 11) is -23.5. The molecule has 11 N–H and O–H groups in total. The molecule has 0 saturated carbocycles. The van der Waals surface area contributed by atoms with E-state index in [1.807, 2.05) is 0 Å². The number of rotatable bonds is 16. The van der Waals surface area contributed by atoms with Gasteiger partial charge in [-0.15, -0.1) is 0 Å². The minimum Gasteiger partial charge on any atom is -0.324 e. The summed E-state index contributed by atoms with van der Waals surface area (Å²) in [6.07, 6.45) is -5.03. The molecule has 0 rings (SSSR count). The Labute approximate surface area is 183 Å². The molecular formula is C9H29N3O15P5+. The second-order valence-corrected chi connectivity index (χ2v) is 15.1. The smallest absolute Gasteiger partial charge is 0.324 e. The maximum Gasteiger partial charge on any atom is 0.419 e. The maximum atomic E-state index is 11.4. The third-order valence-electron chi connectivity index (χ3n) is 3.39. The van der Waals surface area contributed by atoms with Crippen molar-refractivity contribution >= 4 is 38.3 Å². The molecule has 0 radical (unpaired) electrons. The van der Waals surface area contributed by atoms with Crippen LogP contribution in [0.25, 0.3) is 0 Å². The fourth-order valence-corrected chi connectivity index (χ4v) is 6.69. The van der Waals surface area contributed by atoms with E-state index in [2.05, 4.69) is 0 Å². The van der Waals surface area contributed by atoms with Crippen molar-refractivity contribution in [1.29, 1.82) is 0 Å². The van der Waals surface area contributed by atoms with Gasteiger partial charge < -0.3 is 39.1 Å². The van der Waals surface area contributed by atoms with Crippen LogP contribution in [0.5, 0.6) is 0 Å². The highest BCUT2D eigenvalue weighted by Gasteiger charge is 2.36. The molecule has 0 aromatic rings. The van der Waals surface area contributed by atoms with Crippen LogP contribution in [-0.4, -0.2) is 126 Å². The van der Waals surface area contributed by atoms with E-state index in [9.17, 15) is 28.0 Å². The molecule has 0 aromatic carbocycles. The van der Waals surface area contributed by atoms with Gasteiger partial charge in [0.15, 0.2) is 6.29 Å². The van der Waals surface area contributed by atoms with E-state index in [1.54, 1.807) is 0 Å². The number of hydrogen-bond donors (Lipinski definition) is 11. The number of nitrogens with zero attached hydrogens (tertiary/aromatic N) is 3. The zero-order valence-corrected chi connectivity index (χ0v) is 21.0. The molecule has 0 aliphatic heterocycles. The monoisotopic (exact) mass is 574 g/mol. The van der Waals surface area contributed by atoms with Crippen LogP contribution in [0.15, 0.2) is 0 Å². The Morgan fingerprint density at radius 2 is 0.719 bits per heavy atom. The van der Waals surface area contributed by atoms with E-state index in [4.69, 9.17) is 44.0 Å². The molecule has 0 amide bonds. The molecule has 23 heteroatoms. The van der Waals surface area contributed by atoms with Crippen LogP contribution in [0.2, 0.25) is 0 Å². The predicted molar refractivity (Wildman–Crippen MR) is 111 cm³/mol. The molecular weight excluding hydrogens is 545 g/mol. The van der Waals surface area contributed by atoms with Crippen molar-refractivity contribution in [2.75, 3.05) is 57.6 Å². The van der Waals surface area contributed by atoms with Crippen molar-refractivity contribution in [1.82, 2.24) is 14.7 Å². The molecule has 0 aliphatic rings. The van der Waals surface area contributed by atoms with Gasteiger partial charge in [0.2, 0.25) is 0 Å². The van der Waals surface area contributed by atoms with Crippen LogP contribution >= 0.6 is 38.3 Å². The maximum absolute atomic E-state index is 11.4. The SMILES string of the molecule is O=P(O)(O)CN(CCN(CP(=O)(O)O)CP(=O)(O)O)CCN(CP(=O)(O)O)C[P+](O)(O)O. The van der Waals surface area contributed by atoms with E-state index in [-0.39, 0.29) is 6.54 Å². The summed E-state index contributed by atoms with van der Waals surface area (Å²) in [4.78, 5) is 103. The van der Waals surface area contributed by atoms with Crippen LogP contribution in [0.1, 0.15) is 0 Å². The molecule has 0 bridgehead atoms. The van der Waals surface area contributed by atoms with Crippen molar-refractivity contribution in [3.63, 3.8) is 0 Å². The number of hydrogen-bond acceptors (Lipinski definition) is 10. The molecule has 0 atom stereocenters. The largest absolute Gasteiger partial charge is 0.419 e. The predicted octanol–water partition coefficient (Wildman–Crippen LogP) is -2.87. The van der Waals surface area contributed by atoms with Gasteiger partial charge in [0.25, 0.3) is 0 Å². The molecule has 0 heterocycles. The van der Waals surface area contributed by atoms with Crippen LogP contribution < -0.4 is 0 Å². The molecule has 0 saturated heterocycles. The third-order valence-corrected chi connectivity index (χ3v) is 7.24. The molecule has 32 heavy (non-hydrogen) atoms. The molecule has 0 aliphatic carbocycles. The van der Waals surface area contributed by atoms with Crippen LogP contribution in [0.4, 0.5) is 0 Å². The standard InChI is InChI=1S/C9H28N3O15P5/c13-28(14,15)5-10(1-3-11(6-29(16,17)18)7-30(19,20)21)2-4-12(8-31(22,23)24)9-32(25,26)27/h16-18H,1-9H2,(H7-,13,14,15,19,20,21,22,23,24,25,26,27)/p+1. The normalized spacial score (nSPS) is 14.7. The lowest BCUT2D eigenvalue weighted by atomic mass is 10.4. The highest BCUT2D eigenvalue weighted by Crippen LogP contribution is 2.47. The minimum atomic E-state index is -4.75. The quantitative estimate of drug-likeness (QED) is 0.0825. The lowest BCUT2D eigenvalue weighted by Crippen LogP contribution is -2.41. The highest BCUT2D eigenvalue weighted by molar-refractivity contribution is 7.58. The lowest BCUT2D eigenvalue weighted by Gasteiger charge is -2.30. The molecule has 0 fully saturated rings. The Bertz CT molecular complexity index is 743. The molecule has 0 unspecified atom stereocenters. The summed E-state index contributed by atoms with van der Waals surface area (Å²) >= 11 is 0. The lowest BCUT2D eigenvalue weighted by molar-refractivity contribution is 0.195. The fraction of sp³-hybridized carbons (Fsp3) is 1.00. The zero-order valence-electron chi connectivity index (χ0n) is 16.5. The van der Waals surface area contributed by atoms with Gasteiger partial charge in [-0.1, -0.05) is 0 Å². The van der Waals surface area contributed by atoms with Gasteiger partial charge in [-0.3, -0.25) is 33.0 Å². The average Bonchev–Trinajstić information content (AvgIpc) is 2.41. The summed E-state index contributed by atoms with van der Waals surface area (Å²) in [5.74, 6) is 0. The van der Waals surface area contributed by atoms with E-state index < -0.39 is 89.4 Å². The Hall–Kier alpha value is 0.790. The summed E-state index contributed by atoms with van der Waals surface area (Å²) < 4.78 is 45.0. The molecule has 0 spiro atoms. The first-order chi connectivity index (χ1) is 13.9. The summed E-state index contributed by atoms with van der Waals surface area (Å²) in [5.41, 5.74) is 0. The van der Waals surface area contributed by atoms with Gasteiger partial charge >= 0.3 is 38.3 Å².